The van der Waals surface area contributed by atoms with E-state index in [-0.39, 0.29) is 6.61 Å². The number of alkyl carbamates (subject to hydrolysis) is 1. The number of pyridine rings is 1. The number of ether oxygens (including phenoxy) is 2. The van der Waals surface area contributed by atoms with Crippen molar-refractivity contribution in [3.05, 3.63) is 75.9 Å². The van der Waals surface area contributed by atoms with Crippen molar-refractivity contribution in [3.63, 3.8) is 0 Å². The topological polar surface area (TPSA) is 94.6 Å². The fourth-order valence-electron chi connectivity index (χ4n) is 3.81. The van der Waals surface area contributed by atoms with E-state index in [1.807, 2.05) is 53.9 Å². The highest BCUT2D eigenvalue weighted by Crippen LogP contribution is 2.38. The zero-order chi connectivity index (χ0) is 23.4. The van der Waals surface area contributed by atoms with E-state index in [0.717, 1.165) is 22.4 Å². The van der Waals surface area contributed by atoms with Crippen LogP contribution < -0.4 is 5.32 Å². The van der Waals surface area contributed by atoms with Crippen LogP contribution in [0.2, 0.25) is 5.02 Å². The number of hydrogen-bond acceptors (Lipinski definition) is 6. The van der Waals surface area contributed by atoms with E-state index in [4.69, 9.17) is 21.3 Å². The van der Waals surface area contributed by atoms with Crippen molar-refractivity contribution in [2.24, 2.45) is 0 Å². The number of para-hydroxylation sites is 1. The van der Waals surface area contributed by atoms with E-state index in [9.17, 15) is 14.4 Å². The molecule has 4 rings (SSSR count). The molecule has 2 amide bonds. The highest BCUT2D eigenvalue weighted by Gasteiger charge is 2.28. The number of allylic oxidation sites excluding steroid dienone is 1. The number of halogens is 1. The third-order valence-electron chi connectivity index (χ3n) is 5.23. The highest BCUT2D eigenvalue weighted by molar-refractivity contribution is 6.32. The smallest absolute Gasteiger partial charge is 0.413 e. The van der Waals surface area contributed by atoms with Crippen LogP contribution in [0.4, 0.5) is 4.79 Å². The van der Waals surface area contributed by atoms with E-state index >= 15 is 0 Å². The third kappa shape index (κ3) is 4.88. The first-order valence-electron chi connectivity index (χ1n) is 10.5. The number of nitrogens with one attached hydrogen (secondary N) is 1. The second-order valence-electron chi connectivity index (χ2n) is 7.37. The lowest BCUT2D eigenvalue weighted by atomic mass is 10.0. The number of hydrogen-bond donors (Lipinski definition) is 1. The number of fused-ring (bicyclic) bond motifs is 2. The quantitative estimate of drug-likeness (QED) is 0.545. The van der Waals surface area contributed by atoms with Gasteiger partial charge < -0.3 is 9.47 Å². The second-order valence-corrected chi connectivity index (χ2v) is 7.77. The second kappa shape index (κ2) is 9.83. The average Bonchev–Trinajstić information content (AvgIpc) is 3.19. The van der Waals surface area contributed by atoms with Crippen LogP contribution >= 0.6 is 11.6 Å². The number of nitrogens with zero attached hydrogens (tertiary/aromatic N) is 1. The van der Waals surface area contributed by atoms with Gasteiger partial charge in [-0.05, 0) is 54.7 Å². The van der Waals surface area contributed by atoms with Crippen molar-refractivity contribution in [3.8, 4) is 0 Å². The van der Waals surface area contributed by atoms with Crippen LogP contribution in [-0.4, -0.2) is 36.2 Å². The molecule has 0 fully saturated rings. The van der Waals surface area contributed by atoms with E-state index in [1.54, 1.807) is 13.0 Å². The number of imide groups is 1. The summed E-state index contributed by atoms with van der Waals surface area (Å²) in [5, 5.41) is 3.28. The molecule has 0 unspecified atom stereocenters. The van der Waals surface area contributed by atoms with E-state index in [1.165, 1.54) is 0 Å². The number of aromatic nitrogens is 1. The normalized spacial score (nSPS) is 13.6. The van der Waals surface area contributed by atoms with Gasteiger partial charge in [0.05, 0.1) is 23.4 Å². The van der Waals surface area contributed by atoms with Gasteiger partial charge in [0, 0.05) is 10.4 Å². The molecule has 0 spiro atoms. The van der Waals surface area contributed by atoms with Gasteiger partial charge in [-0.2, -0.15) is 0 Å². The number of esters is 1. The lowest BCUT2D eigenvalue weighted by Crippen LogP contribution is -2.34. The summed E-state index contributed by atoms with van der Waals surface area (Å²) in [6.45, 7) is 1.14. The van der Waals surface area contributed by atoms with Gasteiger partial charge >= 0.3 is 12.1 Å². The summed E-state index contributed by atoms with van der Waals surface area (Å²) in [6.07, 6.45) is 2.39. The molecule has 1 N–H and O–H groups in total. The van der Waals surface area contributed by atoms with Crippen LogP contribution in [0.3, 0.4) is 0 Å². The summed E-state index contributed by atoms with van der Waals surface area (Å²) in [7, 11) is 0. The number of rotatable bonds is 5. The molecule has 0 saturated heterocycles. The minimum Gasteiger partial charge on any atom is -0.452 e. The number of carbonyl (C=O) groups excluding carboxylic acids is 3. The zero-order valence-electron chi connectivity index (χ0n) is 17.9. The largest absolute Gasteiger partial charge is 0.452 e. The number of benzene rings is 2. The molecule has 1 aromatic heterocycles. The molecule has 168 valence electrons. The van der Waals surface area contributed by atoms with E-state index in [2.05, 4.69) is 4.74 Å². The average molecular weight is 465 g/mol. The predicted molar refractivity (Wildman–Crippen MR) is 125 cm³/mol. The maximum atomic E-state index is 13.1. The predicted octanol–water partition coefficient (Wildman–Crippen LogP) is 4.80. The molecule has 0 saturated carbocycles. The maximum Gasteiger partial charge on any atom is 0.413 e. The number of carbonyl (C=O) groups is 3. The van der Waals surface area contributed by atoms with E-state index in [0.29, 0.717) is 34.3 Å². The van der Waals surface area contributed by atoms with Crippen LogP contribution in [-0.2, 0) is 20.7 Å². The molecule has 0 atom stereocenters. The Morgan fingerprint density at radius 2 is 1.82 bits per heavy atom. The Labute approximate surface area is 195 Å². The van der Waals surface area contributed by atoms with Gasteiger partial charge in [-0.15, -0.1) is 0 Å². The fourth-order valence-corrected chi connectivity index (χ4v) is 4.00. The standard InChI is InChI=1S/C25H21ClN2O5/c1-2-32-25(31)28-21(29)14-33-24(30)22-17-8-4-6-10-20(17)27-23-16(11-12-18(22)23)13-15-7-3-5-9-19(15)26/h3-10,13H,2,11-12,14H2,1H3,(H,28,29,31)/b16-13+. The zero-order valence-corrected chi connectivity index (χ0v) is 18.6. The Morgan fingerprint density at radius 3 is 2.61 bits per heavy atom. The molecule has 33 heavy (non-hydrogen) atoms. The summed E-state index contributed by atoms with van der Waals surface area (Å²) in [4.78, 5) is 41.2. The summed E-state index contributed by atoms with van der Waals surface area (Å²) in [6, 6.07) is 14.8. The van der Waals surface area contributed by atoms with Crippen LogP contribution in [0.1, 0.15) is 40.5 Å². The Kier molecular flexibility index (Phi) is 6.70. The first kappa shape index (κ1) is 22.5. The summed E-state index contributed by atoms with van der Waals surface area (Å²) >= 11 is 6.32. The van der Waals surface area contributed by atoms with Crippen molar-refractivity contribution in [2.75, 3.05) is 13.2 Å². The van der Waals surface area contributed by atoms with E-state index < -0.39 is 24.6 Å². The van der Waals surface area contributed by atoms with Crippen LogP contribution in [0.5, 0.6) is 0 Å². The third-order valence-corrected chi connectivity index (χ3v) is 5.58. The molecule has 8 heteroatoms. The Morgan fingerprint density at radius 1 is 1.06 bits per heavy atom. The summed E-state index contributed by atoms with van der Waals surface area (Å²) < 4.78 is 9.90. The Balaban J connectivity index is 1.67. The molecular formula is C25H21ClN2O5. The van der Waals surface area contributed by atoms with Crippen molar-refractivity contribution in [1.82, 2.24) is 10.3 Å². The highest BCUT2D eigenvalue weighted by atomic mass is 35.5. The van der Waals surface area contributed by atoms with Gasteiger partial charge in [-0.1, -0.05) is 48.0 Å². The summed E-state index contributed by atoms with van der Waals surface area (Å²) in [5.41, 5.74) is 4.35. The lowest BCUT2D eigenvalue weighted by molar-refractivity contribution is -0.123. The Bertz CT molecular complexity index is 1290. The minimum absolute atomic E-state index is 0.123. The van der Waals surface area contributed by atoms with Gasteiger partial charge in [0.2, 0.25) is 0 Å². The fraction of sp³-hybridized carbons (Fsp3) is 0.200. The first-order valence-corrected chi connectivity index (χ1v) is 10.9. The van der Waals surface area contributed by atoms with Crippen LogP contribution in [0, 0.1) is 0 Å². The minimum atomic E-state index is -0.886. The monoisotopic (exact) mass is 464 g/mol. The van der Waals surface area contributed by atoms with Gasteiger partial charge in [0.25, 0.3) is 5.91 Å². The molecule has 7 nitrogen and oxygen atoms in total. The van der Waals surface area contributed by atoms with Gasteiger partial charge in [0.15, 0.2) is 6.61 Å². The molecule has 1 heterocycles. The van der Waals surface area contributed by atoms with Crippen molar-refractivity contribution < 1.29 is 23.9 Å². The maximum absolute atomic E-state index is 13.1. The molecule has 1 aliphatic carbocycles. The molecule has 0 radical (unpaired) electrons. The van der Waals surface area contributed by atoms with Gasteiger partial charge in [-0.25, -0.2) is 14.6 Å². The molecule has 0 aliphatic heterocycles. The molecule has 2 aromatic carbocycles. The lowest BCUT2D eigenvalue weighted by Gasteiger charge is -2.12. The van der Waals surface area contributed by atoms with Gasteiger partial charge in [0.1, 0.15) is 0 Å². The SMILES string of the molecule is CCOC(=O)NC(=O)COC(=O)c1c2c(nc3ccccc13)/C(=C/c1ccccc1Cl)CC2. The van der Waals surface area contributed by atoms with Crippen LogP contribution in [0.15, 0.2) is 48.5 Å². The van der Waals surface area contributed by atoms with Crippen molar-refractivity contribution in [2.45, 2.75) is 19.8 Å². The molecule has 1 aliphatic rings. The van der Waals surface area contributed by atoms with Gasteiger partial charge in [-0.3, -0.25) is 10.1 Å². The molecule has 0 bridgehead atoms. The molecular weight excluding hydrogens is 444 g/mol. The Hall–Kier alpha value is -3.71. The van der Waals surface area contributed by atoms with Crippen molar-refractivity contribution in [1.29, 1.82) is 0 Å². The number of amides is 2. The first-order chi connectivity index (χ1) is 16.0. The molecule has 3 aromatic rings. The van der Waals surface area contributed by atoms with Crippen molar-refractivity contribution >= 4 is 52.1 Å². The van der Waals surface area contributed by atoms with Crippen LogP contribution in [0.25, 0.3) is 22.6 Å². The summed E-state index contributed by atoms with van der Waals surface area (Å²) in [5.74, 6) is -1.42.